The van der Waals surface area contributed by atoms with E-state index in [0.717, 1.165) is 68.5 Å². The van der Waals surface area contributed by atoms with Crippen LogP contribution in [0.4, 0.5) is 5.82 Å². The van der Waals surface area contributed by atoms with E-state index in [1.807, 2.05) is 29.2 Å². The molecule has 5 rings (SSSR count). The van der Waals surface area contributed by atoms with Crippen molar-refractivity contribution in [2.75, 3.05) is 63.3 Å². The molecule has 3 aromatic rings. The zero-order valence-electron chi connectivity index (χ0n) is 19.1. The topological polar surface area (TPSA) is 89.4 Å². The van der Waals surface area contributed by atoms with Crippen LogP contribution in [0, 0.1) is 0 Å². The van der Waals surface area contributed by atoms with Gasteiger partial charge in [0.1, 0.15) is 11.7 Å². The average molecular weight is 503 g/mol. The number of ether oxygens (including phenoxy) is 1. The molecular weight excluding hydrogens is 472 g/mol. The van der Waals surface area contributed by atoms with Gasteiger partial charge in [-0.25, -0.2) is 9.19 Å². The highest BCUT2D eigenvalue weighted by atomic mass is 32.2. The summed E-state index contributed by atoms with van der Waals surface area (Å²) >= 11 is 0.0318. The first-order valence-corrected chi connectivity index (χ1v) is 13.7. The van der Waals surface area contributed by atoms with Crippen molar-refractivity contribution in [3.63, 3.8) is 0 Å². The zero-order chi connectivity index (χ0) is 23.5. The van der Waals surface area contributed by atoms with Crippen LogP contribution in [0.25, 0.3) is 21.3 Å². The van der Waals surface area contributed by atoms with Crippen LogP contribution < -0.4 is 4.90 Å². The van der Waals surface area contributed by atoms with E-state index in [-0.39, 0.29) is 12.5 Å². The molecule has 2 aromatic heterocycles. The van der Waals surface area contributed by atoms with E-state index < -0.39 is 11.1 Å². The van der Waals surface area contributed by atoms with Gasteiger partial charge < -0.3 is 19.3 Å². The van der Waals surface area contributed by atoms with E-state index in [2.05, 4.69) is 21.9 Å². The molecule has 0 bridgehead atoms. The molecule has 182 valence electrons. The monoisotopic (exact) mass is 502 g/mol. The molecule has 0 amide bonds. The summed E-state index contributed by atoms with van der Waals surface area (Å²) in [7, 11) is 0. The van der Waals surface area contributed by atoms with E-state index in [4.69, 9.17) is 14.3 Å². The van der Waals surface area contributed by atoms with Gasteiger partial charge in [0.25, 0.3) is 0 Å². The molecular formula is C24H30N4O4S2. The van der Waals surface area contributed by atoms with Crippen molar-refractivity contribution in [2.45, 2.75) is 13.2 Å². The second-order valence-corrected chi connectivity index (χ2v) is 10.8. The minimum atomic E-state index is -1.77. The number of fused-ring (bicyclic) bond motifs is 1. The van der Waals surface area contributed by atoms with Crippen LogP contribution in [-0.4, -0.2) is 87.0 Å². The maximum absolute atomic E-state index is 11.1. The second kappa shape index (κ2) is 10.8. The summed E-state index contributed by atoms with van der Waals surface area (Å²) in [6.45, 7) is 7.32. The fourth-order valence-corrected chi connectivity index (χ4v) is 6.35. The van der Waals surface area contributed by atoms with Crippen LogP contribution in [0.3, 0.4) is 0 Å². The Bertz CT molecular complexity index is 1160. The van der Waals surface area contributed by atoms with Crippen molar-refractivity contribution in [1.82, 2.24) is 14.8 Å². The Hall–Kier alpha value is -1.92. The van der Waals surface area contributed by atoms with E-state index in [1.165, 1.54) is 15.0 Å². The van der Waals surface area contributed by atoms with Crippen molar-refractivity contribution < 1.29 is 18.6 Å². The van der Waals surface area contributed by atoms with Crippen molar-refractivity contribution in [3.8, 4) is 11.3 Å². The standard InChI is InChI=1S/C24H30N4O4S2/c29-16-18-2-1-3-19(12-18)22-14-20-13-21(15-26-4-6-27(7-5-26)17-34(30)31)33-23(20)24(25-22)28-8-10-32-11-9-28/h1-3,12-14,29H,4-11,15-17H2,(H,30,31). The van der Waals surface area contributed by atoms with Crippen molar-refractivity contribution in [3.05, 3.63) is 46.8 Å². The summed E-state index contributed by atoms with van der Waals surface area (Å²) in [5.74, 6) is 1.24. The second-order valence-electron chi connectivity index (χ2n) is 8.76. The Morgan fingerprint density at radius 3 is 2.53 bits per heavy atom. The highest BCUT2D eigenvalue weighted by Gasteiger charge is 2.22. The highest BCUT2D eigenvalue weighted by molar-refractivity contribution is 7.79. The van der Waals surface area contributed by atoms with Crippen LogP contribution in [-0.2, 0) is 29.0 Å². The lowest BCUT2D eigenvalue weighted by atomic mass is 10.1. The van der Waals surface area contributed by atoms with E-state index in [1.54, 1.807) is 11.3 Å². The molecule has 2 aliphatic heterocycles. The van der Waals surface area contributed by atoms with E-state index in [9.17, 15) is 9.32 Å². The number of aliphatic hydroxyl groups excluding tert-OH is 1. The maximum Gasteiger partial charge on any atom is 0.167 e. The van der Waals surface area contributed by atoms with Crippen LogP contribution in [0.5, 0.6) is 0 Å². The number of rotatable bonds is 7. The smallest absolute Gasteiger partial charge is 0.167 e. The number of morpholine rings is 1. The molecule has 8 nitrogen and oxygen atoms in total. The Morgan fingerprint density at radius 1 is 1.03 bits per heavy atom. The molecule has 0 radical (unpaired) electrons. The summed E-state index contributed by atoms with van der Waals surface area (Å²) in [6, 6.07) is 12.4. The number of thiophene rings is 1. The fraction of sp³-hybridized carbons (Fsp3) is 0.458. The highest BCUT2D eigenvalue weighted by Crippen LogP contribution is 2.37. The lowest BCUT2D eigenvalue weighted by Crippen LogP contribution is -2.46. The van der Waals surface area contributed by atoms with Crippen LogP contribution in [0.15, 0.2) is 36.4 Å². The van der Waals surface area contributed by atoms with Crippen molar-refractivity contribution in [1.29, 1.82) is 0 Å². The van der Waals surface area contributed by atoms with Crippen molar-refractivity contribution in [2.24, 2.45) is 0 Å². The maximum atomic E-state index is 11.1. The molecule has 2 N–H and O–H groups in total. The molecule has 0 aliphatic carbocycles. The number of anilines is 1. The fourth-order valence-electron chi connectivity index (χ4n) is 4.58. The normalized spacial score (nSPS) is 19.1. The molecule has 4 heterocycles. The van der Waals surface area contributed by atoms with Crippen molar-refractivity contribution >= 4 is 38.3 Å². The summed E-state index contributed by atoms with van der Waals surface area (Å²) < 4.78 is 27.0. The summed E-state index contributed by atoms with van der Waals surface area (Å²) in [5.41, 5.74) is 2.80. The number of aliphatic hydroxyl groups is 1. The largest absolute Gasteiger partial charge is 0.392 e. The van der Waals surface area contributed by atoms with Gasteiger partial charge in [0, 0.05) is 56.3 Å². The third-order valence-electron chi connectivity index (χ3n) is 6.39. The number of piperazine rings is 1. The van der Waals surface area contributed by atoms with Gasteiger partial charge in [-0.2, -0.15) is 0 Å². The van der Waals surface area contributed by atoms with Gasteiger partial charge in [-0.15, -0.1) is 11.3 Å². The van der Waals surface area contributed by atoms with Gasteiger partial charge in [-0.05, 0) is 29.1 Å². The summed E-state index contributed by atoms with van der Waals surface area (Å²) in [6.07, 6.45) is 0. The summed E-state index contributed by atoms with van der Waals surface area (Å²) in [5, 5.41) is 10.8. The Kier molecular flexibility index (Phi) is 7.55. The van der Waals surface area contributed by atoms with E-state index in [0.29, 0.717) is 13.2 Å². The number of hydrogen-bond acceptors (Lipinski definition) is 8. The molecule has 34 heavy (non-hydrogen) atoms. The zero-order valence-corrected chi connectivity index (χ0v) is 20.7. The van der Waals surface area contributed by atoms with Gasteiger partial charge in [0.15, 0.2) is 11.1 Å². The number of aromatic nitrogens is 1. The van der Waals surface area contributed by atoms with E-state index >= 15 is 0 Å². The molecule has 2 saturated heterocycles. The minimum absolute atomic E-state index is 0.0104. The number of benzene rings is 1. The van der Waals surface area contributed by atoms with Gasteiger partial charge >= 0.3 is 0 Å². The van der Waals surface area contributed by atoms with Crippen LogP contribution in [0.1, 0.15) is 10.4 Å². The molecule has 0 saturated carbocycles. The predicted octanol–water partition coefficient (Wildman–Crippen LogP) is 2.59. The quantitative estimate of drug-likeness (QED) is 0.477. The molecule has 1 aromatic carbocycles. The Morgan fingerprint density at radius 2 is 1.79 bits per heavy atom. The van der Waals surface area contributed by atoms with Crippen LogP contribution in [0.2, 0.25) is 0 Å². The number of hydrogen-bond donors (Lipinski definition) is 2. The van der Waals surface area contributed by atoms with Gasteiger partial charge in [0.05, 0.1) is 30.2 Å². The molecule has 2 aliphatic rings. The van der Waals surface area contributed by atoms with Crippen LogP contribution >= 0.6 is 11.3 Å². The lowest BCUT2D eigenvalue weighted by molar-refractivity contribution is 0.122. The SMILES string of the molecule is O=S(O)CN1CCN(Cc2cc3cc(-c4cccc(CO)c4)nc(N4CCOCC4)c3s2)CC1. The third-order valence-corrected chi connectivity index (χ3v) is 8.10. The molecule has 1 unspecified atom stereocenters. The Labute approximate surface area is 206 Å². The number of nitrogens with zero attached hydrogens (tertiary/aromatic N) is 4. The first kappa shape index (κ1) is 23.8. The Balaban J connectivity index is 1.43. The summed E-state index contributed by atoms with van der Waals surface area (Å²) in [4.78, 5) is 13.2. The van der Waals surface area contributed by atoms with Gasteiger partial charge in [-0.1, -0.05) is 18.2 Å². The lowest BCUT2D eigenvalue weighted by Gasteiger charge is -2.33. The third kappa shape index (κ3) is 5.49. The average Bonchev–Trinajstić information content (AvgIpc) is 3.27. The molecule has 1 atom stereocenters. The first-order chi connectivity index (χ1) is 16.6. The molecule has 0 spiro atoms. The van der Waals surface area contributed by atoms with Gasteiger partial charge in [0.2, 0.25) is 0 Å². The minimum Gasteiger partial charge on any atom is -0.392 e. The molecule has 2 fully saturated rings. The molecule has 10 heteroatoms. The first-order valence-electron chi connectivity index (χ1n) is 11.6. The predicted molar refractivity (Wildman–Crippen MR) is 136 cm³/mol. The number of pyridine rings is 1. The van der Waals surface area contributed by atoms with Gasteiger partial charge in [-0.3, -0.25) is 9.80 Å².